The molecule has 43 heavy (non-hydrogen) atoms. The number of nitrogens with zero attached hydrogens (tertiary/aromatic N) is 2. The monoisotopic (exact) mass is 637 g/mol. The van der Waals surface area contributed by atoms with Gasteiger partial charge in [-0.15, -0.1) is 0 Å². The highest BCUT2D eigenvalue weighted by atomic mass is 35.5. The number of carbonyl (C=O) groups is 2. The van der Waals surface area contributed by atoms with Crippen LogP contribution < -0.4 is 9.62 Å². The van der Waals surface area contributed by atoms with Crippen molar-refractivity contribution in [1.82, 2.24) is 10.2 Å². The maximum atomic E-state index is 14.4. The van der Waals surface area contributed by atoms with Gasteiger partial charge in [-0.1, -0.05) is 102 Å². The van der Waals surface area contributed by atoms with E-state index in [0.717, 1.165) is 26.6 Å². The molecule has 0 aliphatic carbocycles. The van der Waals surface area contributed by atoms with Crippen LogP contribution in [0.5, 0.6) is 0 Å². The number of halogens is 2. The highest BCUT2D eigenvalue weighted by molar-refractivity contribution is 7.92. The maximum Gasteiger partial charge on any atom is 0.264 e. The third kappa shape index (κ3) is 7.57. The Bertz CT molecular complexity index is 1700. The van der Waals surface area contributed by atoms with Gasteiger partial charge in [0.15, 0.2) is 0 Å². The quantitative estimate of drug-likeness (QED) is 0.212. The van der Waals surface area contributed by atoms with Crippen LogP contribution in [0.15, 0.2) is 102 Å². The van der Waals surface area contributed by atoms with Crippen LogP contribution in [0.2, 0.25) is 10.0 Å². The molecule has 0 saturated carbocycles. The van der Waals surface area contributed by atoms with Gasteiger partial charge in [-0.25, -0.2) is 8.42 Å². The van der Waals surface area contributed by atoms with Crippen molar-refractivity contribution in [2.24, 2.45) is 0 Å². The third-order valence-corrected chi connectivity index (χ3v) is 9.79. The summed E-state index contributed by atoms with van der Waals surface area (Å²) in [6.45, 7) is 3.23. The van der Waals surface area contributed by atoms with Crippen LogP contribution in [-0.4, -0.2) is 44.8 Å². The summed E-state index contributed by atoms with van der Waals surface area (Å²) in [4.78, 5) is 29.2. The Kier molecular flexibility index (Phi) is 10.5. The lowest BCUT2D eigenvalue weighted by molar-refractivity contribution is -0.139. The minimum atomic E-state index is -4.29. The summed E-state index contributed by atoms with van der Waals surface area (Å²) in [5.41, 5.74) is 3.53. The van der Waals surface area contributed by atoms with E-state index in [9.17, 15) is 18.0 Å². The van der Waals surface area contributed by atoms with Gasteiger partial charge < -0.3 is 10.2 Å². The molecule has 0 radical (unpaired) electrons. The molecule has 0 aliphatic rings. The van der Waals surface area contributed by atoms with E-state index >= 15 is 0 Å². The Balaban J connectivity index is 1.83. The van der Waals surface area contributed by atoms with E-state index in [4.69, 9.17) is 23.2 Å². The van der Waals surface area contributed by atoms with Gasteiger partial charge in [0.1, 0.15) is 12.6 Å². The molecule has 2 amide bonds. The fourth-order valence-corrected chi connectivity index (χ4v) is 6.60. The lowest BCUT2D eigenvalue weighted by Crippen LogP contribution is -2.53. The molecule has 1 N–H and O–H groups in total. The number of nitrogens with one attached hydrogen (secondary N) is 1. The van der Waals surface area contributed by atoms with Gasteiger partial charge in [0, 0.05) is 20.0 Å². The summed E-state index contributed by atoms with van der Waals surface area (Å²) >= 11 is 12.8. The molecular formula is C33H33Cl2N3O4S. The Morgan fingerprint density at radius 3 is 2.14 bits per heavy atom. The molecule has 0 unspecified atom stereocenters. The number of amides is 2. The molecule has 0 aliphatic heterocycles. The zero-order valence-electron chi connectivity index (χ0n) is 24.1. The Labute approximate surface area is 263 Å². The van der Waals surface area contributed by atoms with E-state index in [1.165, 1.54) is 36.2 Å². The van der Waals surface area contributed by atoms with Gasteiger partial charge in [0.2, 0.25) is 11.8 Å². The predicted molar refractivity (Wildman–Crippen MR) is 172 cm³/mol. The van der Waals surface area contributed by atoms with Crippen LogP contribution in [0.4, 0.5) is 5.69 Å². The summed E-state index contributed by atoms with van der Waals surface area (Å²) in [7, 11) is -2.78. The van der Waals surface area contributed by atoms with Gasteiger partial charge in [0.25, 0.3) is 10.0 Å². The highest BCUT2D eigenvalue weighted by Gasteiger charge is 2.35. The van der Waals surface area contributed by atoms with Crippen molar-refractivity contribution < 1.29 is 18.0 Å². The fraction of sp³-hybridized carbons (Fsp3) is 0.212. The number of carbonyl (C=O) groups excluding carboxylic acids is 2. The summed E-state index contributed by atoms with van der Waals surface area (Å²) in [6, 6.07) is 26.9. The van der Waals surface area contributed by atoms with Crippen molar-refractivity contribution in [3.63, 3.8) is 0 Å². The molecule has 0 spiro atoms. The lowest BCUT2D eigenvalue weighted by Gasteiger charge is -2.34. The van der Waals surface area contributed by atoms with Gasteiger partial charge in [-0.2, -0.15) is 0 Å². The van der Waals surface area contributed by atoms with Crippen LogP contribution in [0.1, 0.15) is 22.3 Å². The number of aryl methyl sites for hydroxylation is 2. The largest absolute Gasteiger partial charge is 0.357 e. The van der Waals surface area contributed by atoms with E-state index < -0.39 is 28.5 Å². The Hall–Kier alpha value is -3.85. The van der Waals surface area contributed by atoms with Crippen LogP contribution in [-0.2, 0) is 32.6 Å². The van der Waals surface area contributed by atoms with E-state index in [1.807, 2.05) is 68.4 Å². The molecule has 4 aromatic rings. The number of hydrogen-bond donors (Lipinski definition) is 1. The van der Waals surface area contributed by atoms with Crippen LogP contribution in [0.25, 0.3) is 0 Å². The average Bonchev–Trinajstić information content (AvgIpc) is 3.00. The molecule has 4 rings (SSSR count). The molecule has 0 bridgehead atoms. The van der Waals surface area contributed by atoms with Crippen LogP contribution in [0.3, 0.4) is 0 Å². The summed E-state index contributed by atoms with van der Waals surface area (Å²) in [6.07, 6.45) is 0.223. The number of sulfonamides is 1. The summed E-state index contributed by atoms with van der Waals surface area (Å²) < 4.78 is 29.2. The van der Waals surface area contributed by atoms with Gasteiger partial charge in [0.05, 0.1) is 20.6 Å². The zero-order valence-corrected chi connectivity index (χ0v) is 26.5. The van der Waals surface area contributed by atoms with Gasteiger partial charge in [-0.05, 0) is 54.8 Å². The molecule has 7 nitrogen and oxygen atoms in total. The first-order chi connectivity index (χ1) is 20.5. The second-order valence-corrected chi connectivity index (χ2v) is 12.8. The first-order valence-electron chi connectivity index (χ1n) is 13.7. The van der Waals surface area contributed by atoms with Crippen molar-refractivity contribution in [1.29, 1.82) is 0 Å². The van der Waals surface area contributed by atoms with Crippen molar-refractivity contribution in [3.8, 4) is 0 Å². The zero-order chi connectivity index (χ0) is 31.1. The molecule has 4 aromatic carbocycles. The number of anilines is 1. The lowest BCUT2D eigenvalue weighted by atomic mass is 10.0. The van der Waals surface area contributed by atoms with E-state index in [2.05, 4.69) is 5.32 Å². The second kappa shape index (κ2) is 14.1. The van der Waals surface area contributed by atoms with Crippen LogP contribution >= 0.6 is 23.2 Å². The number of rotatable bonds is 11. The average molecular weight is 639 g/mol. The fourth-order valence-electron chi connectivity index (χ4n) is 4.73. The molecule has 0 saturated heterocycles. The molecule has 0 aromatic heterocycles. The van der Waals surface area contributed by atoms with E-state index in [0.29, 0.717) is 0 Å². The summed E-state index contributed by atoms with van der Waals surface area (Å²) in [5.74, 6) is -0.959. The standard InChI is InChI=1S/C33H33Cl2N3O4S/c1-23-16-18-27(19-17-23)43(41,42)38(29-15-9-14-28(34)32(29)35)22-31(39)37(21-26-13-8-7-10-24(26)2)30(33(40)36-3)20-25-11-5-4-6-12-25/h4-19,30H,20-22H2,1-3H3,(H,36,40)/t30-/m0/s1. The van der Waals surface area contributed by atoms with Gasteiger partial charge in [-0.3, -0.25) is 13.9 Å². The van der Waals surface area contributed by atoms with Crippen molar-refractivity contribution in [2.75, 3.05) is 17.9 Å². The van der Waals surface area contributed by atoms with E-state index in [1.54, 1.807) is 18.2 Å². The Morgan fingerprint density at radius 1 is 0.837 bits per heavy atom. The van der Waals surface area contributed by atoms with Crippen LogP contribution in [0, 0.1) is 13.8 Å². The molecule has 1 atom stereocenters. The molecular weight excluding hydrogens is 605 g/mol. The second-order valence-electron chi connectivity index (χ2n) is 10.2. The predicted octanol–water partition coefficient (Wildman–Crippen LogP) is 6.19. The number of likely N-dealkylation sites (N-methyl/N-ethyl adjacent to an activating group) is 1. The number of hydrogen-bond acceptors (Lipinski definition) is 4. The van der Waals surface area contributed by atoms with Crippen molar-refractivity contribution in [3.05, 3.63) is 129 Å². The molecule has 0 heterocycles. The minimum absolute atomic E-state index is 0.00903. The molecule has 0 fully saturated rings. The normalized spacial score (nSPS) is 11.9. The maximum absolute atomic E-state index is 14.4. The molecule has 224 valence electrons. The first-order valence-corrected chi connectivity index (χ1v) is 15.9. The van der Waals surface area contributed by atoms with Crippen molar-refractivity contribution >= 4 is 50.7 Å². The smallest absolute Gasteiger partial charge is 0.264 e. The Morgan fingerprint density at radius 2 is 1.49 bits per heavy atom. The van der Waals surface area contributed by atoms with E-state index in [-0.39, 0.29) is 39.5 Å². The topological polar surface area (TPSA) is 86.8 Å². The molecule has 10 heteroatoms. The first kappa shape index (κ1) is 32.1. The highest BCUT2D eigenvalue weighted by Crippen LogP contribution is 2.35. The van der Waals surface area contributed by atoms with Crippen molar-refractivity contribution in [2.45, 2.75) is 37.8 Å². The number of benzene rings is 4. The summed E-state index contributed by atoms with van der Waals surface area (Å²) in [5, 5.41) is 2.81. The van der Waals surface area contributed by atoms with Gasteiger partial charge >= 0.3 is 0 Å². The minimum Gasteiger partial charge on any atom is -0.357 e. The SMILES string of the molecule is CNC(=O)[C@H](Cc1ccccc1)N(Cc1ccccc1C)C(=O)CN(c1cccc(Cl)c1Cl)S(=O)(=O)c1ccc(C)cc1. The third-order valence-electron chi connectivity index (χ3n) is 7.21.